The second-order valence-electron chi connectivity index (χ2n) is 7.21. The van der Waals surface area contributed by atoms with Crippen LogP contribution in [0, 0.1) is 6.92 Å². The lowest BCUT2D eigenvalue weighted by Crippen LogP contribution is -2.44. The molecule has 3 rings (SSSR count). The molecule has 2 aromatic heterocycles. The first kappa shape index (κ1) is 19.2. The van der Waals surface area contributed by atoms with Gasteiger partial charge in [0.1, 0.15) is 11.5 Å². The number of hydrogen-bond donors (Lipinski definition) is 0. The van der Waals surface area contributed by atoms with E-state index >= 15 is 0 Å². The lowest BCUT2D eigenvalue weighted by atomic mass is 10.0. The van der Waals surface area contributed by atoms with E-state index in [1.165, 1.54) is 0 Å². The Morgan fingerprint density at radius 2 is 1.74 bits per heavy atom. The van der Waals surface area contributed by atoms with Crippen LogP contribution in [0.2, 0.25) is 0 Å². The number of hydrogen-bond acceptors (Lipinski definition) is 3. The fraction of sp³-hybridized carbons (Fsp3) is 0.391. The van der Waals surface area contributed by atoms with E-state index in [1.54, 1.807) is 0 Å². The minimum atomic E-state index is 0.0572. The summed E-state index contributed by atoms with van der Waals surface area (Å²) in [5.41, 5.74) is 2.18. The van der Waals surface area contributed by atoms with Crippen LogP contribution in [0.1, 0.15) is 56.7 Å². The van der Waals surface area contributed by atoms with Gasteiger partial charge in [-0.25, -0.2) is 4.98 Å². The maximum absolute atomic E-state index is 13.6. The van der Waals surface area contributed by atoms with E-state index in [4.69, 9.17) is 9.40 Å². The third kappa shape index (κ3) is 3.75. The van der Waals surface area contributed by atoms with Crippen molar-refractivity contribution in [3.63, 3.8) is 0 Å². The van der Waals surface area contributed by atoms with Crippen LogP contribution in [0.15, 0.2) is 46.9 Å². The van der Waals surface area contributed by atoms with Gasteiger partial charge in [-0.15, -0.1) is 0 Å². The van der Waals surface area contributed by atoms with Gasteiger partial charge in [0.05, 0.1) is 11.1 Å². The summed E-state index contributed by atoms with van der Waals surface area (Å²) in [5, 5.41) is 0.881. The van der Waals surface area contributed by atoms with Gasteiger partial charge in [-0.05, 0) is 57.9 Å². The molecule has 0 aliphatic rings. The molecule has 0 aliphatic carbocycles. The molecule has 0 saturated carbocycles. The number of fused-ring (bicyclic) bond motifs is 1. The topological polar surface area (TPSA) is 46.3 Å². The number of nitrogens with zero attached hydrogens (tertiary/aromatic N) is 2. The number of aryl methyl sites for hydroxylation is 1. The second kappa shape index (κ2) is 7.95. The number of carbonyl (C=O) groups is 1. The van der Waals surface area contributed by atoms with Crippen molar-refractivity contribution >= 4 is 16.8 Å². The fourth-order valence-electron chi connectivity index (χ4n) is 3.42. The molecule has 2 atom stereocenters. The molecule has 0 bridgehead atoms. The highest BCUT2D eigenvalue weighted by Crippen LogP contribution is 2.28. The molecule has 27 heavy (non-hydrogen) atoms. The highest BCUT2D eigenvalue weighted by Gasteiger charge is 2.27. The molecule has 0 spiro atoms. The zero-order valence-electron chi connectivity index (χ0n) is 16.8. The van der Waals surface area contributed by atoms with Gasteiger partial charge in [0.15, 0.2) is 5.76 Å². The standard InChI is InChI=1S/C23H28N2O2/c1-6-15(3)25(16(4)7-2)23(26)19-14-21(22-13-12-17(5)27-22)24-20-11-9-8-10-18(19)20/h8-16H,6-7H2,1-5H3. The van der Waals surface area contributed by atoms with Gasteiger partial charge in [-0.2, -0.15) is 0 Å². The van der Waals surface area contributed by atoms with E-state index in [0.717, 1.165) is 29.5 Å². The lowest BCUT2D eigenvalue weighted by Gasteiger charge is -2.34. The van der Waals surface area contributed by atoms with Crippen molar-refractivity contribution in [2.24, 2.45) is 0 Å². The zero-order chi connectivity index (χ0) is 19.6. The third-order valence-electron chi connectivity index (χ3n) is 5.31. The molecule has 4 heteroatoms. The number of furan rings is 1. The Morgan fingerprint density at radius 3 is 2.33 bits per heavy atom. The molecule has 142 valence electrons. The Hall–Kier alpha value is -2.62. The minimum absolute atomic E-state index is 0.0572. The molecule has 1 aromatic carbocycles. The molecule has 0 fully saturated rings. The predicted molar refractivity (Wildman–Crippen MR) is 110 cm³/mol. The second-order valence-corrected chi connectivity index (χ2v) is 7.21. The molecule has 2 heterocycles. The maximum Gasteiger partial charge on any atom is 0.255 e. The van der Waals surface area contributed by atoms with Crippen LogP contribution < -0.4 is 0 Å². The molecular weight excluding hydrogens is 336 g/mol. The normalized spacial score (nSPS) is 13.5. The molecule has 2 unspecified atom stereocenters. The van der Waals surface area contributed by atoms with Crippen LogP contribution in [-0.2, 0) is 0 Å². The van der Waals surface area contributed by atoms with Crippen molar-refractivity contribution in [1.29, 1.82) is 0 Å². The van der Waals surface area contributed by atoms with E-state index in [0.29, 0.717) is 17.0 Å². The molecule has 0 aliphatic heterocycles. The monoisotopic (exact) mass is 364 g/mol. The molecular formula is C23H28N2O2. The van der Waals surface area contributed by atoms with E-state index in [-0.39, 0.29) is 18.0 Å². The molecule has 4 nitrogen and oxygen atoms in total. The summed E-state index contributed by atoms with van der Waals surface area (Å²) in [6, 6.07) is 13.9. The molecule has 3 aromatic rings. The average Bonchev–Trinajstić information content (AvgIpc) is 3.13. The first-order valence-electron chi connectivity index (χ1n) is 9.75. The molecule has 0 radical (unpaired) electrons. The number of amides is 1. The number of rotatable bonds is 6. The summed E-state index contributed by atoms with van der Waals surface area (Å²) >= 11 is 0. The largest absolute Gasteiger partial charge is 0.460 e. The van der Waals surface area contributed by atoms with Gasteiger partial charge in [-0.3, -0.25) is 4.79 Å². The lowest BCUT2D eigenvalue weighted by molar-refractivity contribution is 0.0600. The summed E-state index contributed by atoms with van der Waals surface area (Å²) < 4.78 is 5.76. The van der Waals surface area contributed by atoms with Crippen LogP contribution in [0.4, 0.5) is 0 Å². The van der Waals surface area contributed by atoms with Gasteiger partial charge in [0.2, 0.25) is 0 Å². The first-order chi connectivity index (χ1) is 13.0. The van der Waals surface area contributed by atoms with Crippen molar-refractivity contribution in [1.82, 2.24) is 9.88 Å². The van der Waals surface area contributed by atoms with Gasteiger partial charge in [0.25, 0.3) is 5.91 Å². The number of benzene rings is 1. The summed E-state index contributed by atoms with van der Waals surface area (Å²) in [6.07, 6.45) is 1.84. The zero-order valence-corrected chi connectivity index (χ0v) is 16.8. The average molecular weight is 364 g/mol. The first-order valence-corrected chi connectivity index (χ1v) is 9.75. The minimum Gasteiger partial charge on any atom is -0.460 e. The Morgan fingerprint density at radius 1 is 1.07 bits per heavy atom. The maximum atomic E-state index is 13.6. The Labute approximate surface area is 161 Å². The van der Waals surface area contributed by atoms with Crippen LogP contribution in [-0.4, -0.2) is 27.9 Å². The quantitative estimate of drug-likeness (QED) is 0.552. The van der Waals surface area contributed by atoms with E-state index in [9.17, 15) is 4.79 Å². The van der Waals surface area contributed by atoms with Crippen LogP contribution in [0.3, 0.4) is 0 Å². The fourth-order valence-corrected chi connectivity index (χ4v) is 3.42. The van der Waals surface area contributed by atoms with E-state index in [2.05, 4.69) is 27.7 Å². The smallest absolute Gasteiger partial charge is 0.255 e. The van der Waals surface area contributed by atoms with Gasteiger partial charge >= 0.3 is 0 Å². The van der Waals surface area contributed by atoms with Gasteiger partial charge in [0, 0.05) is 17.5 Å². The Balaban J connectivity index is 2.17. The number of carbonyl (C=O) groups excluding carboxylic acids is 1. The van der Waals surface area contributed by atoms with Crippen molar-refractivity contribution in [2.75, 3.05) is 0 Å². The Bertz CT molecular complexity index is 934. The molecule has 0 saturated heterocycles. The van der Waals surface area contributed by atoms with Crippen molar-refractivity contribution < 1.29 is 9.21 Å². The Kier molecular flexibility index (Phi) is 5.64. The van der Waals surface area contributed by atoms with Crippen molar-refractivity contribution in [3.8, 4) is 11.5 Å². The van der Waals surface area contributed by atoms with Crippen LogP contribution >= 0.6 is 0 Å². The van der Waals surface area contributed by atoms with Gasteiger partial charge in [-0.1, -0.05) is 32.0 Å². The summed E-state index contributed by atoms with van der Waals surface area (Å²) in [7, 11) is 0. The summed E-state index contributed by atoms with van der Waals surface area (Å²) in [4.78, 5) is 20.4. The number of aromatic nitrogens is 1. The van der Waals surface area contributed by atoms with Crippen molar-refractivity contribution in [3.05, 3.63) is 53.8 Å². The van der Waals surface area contributed by atoms with E-state index in [1.807, 2.05) is 54.3 Å². The predicted octanol–water partition coefficient (Wildman–Crippen LogP) is 5.84. The molecule has 1 amide bonds. The van der Waals surface area contributed by atoms with Gasteiger partial charge < -0.3 is 9.32 Å². The SMILES string of the molecule is CCC(C)N(C(=O)c1cc(-c2ccc(C)o2)nc2ccccc12)C(C)CC. The van der Waals surface area contributed by atoms with E-state index < -0.39 is 0 Å². The van der Waals surface area contributed by atoms with Crippen molar-refractivity contribution in [2.45, 2.75) is 59.5 Å². The highest BCUT2D eigenvalue weighted by atomic mass is 16.3. The highest BCUT2D eigenvalue weighted by molar-refractivity contribution is 6.07. The number of para-hydroxylation sites is 1. The summed E-state index contributed by atoms with van der Waals surface area (Å²) in [5.74, 6) is 1.57. The summed E-state index contributed by atoms with van der Waals surface area (Å²) in [6.45, 7) is 10.4. The van der Waals surface area contributed by atoms with Crippen LogP contribution in [0.5, 0.6) is 0 Å². The number of pyridine rings is 1. The third-order valence-corrected chi connectivity index (χ3v) is 5.31. The van der Waals surface area contributed by atoms with Crippen LogP contribution in [0.25, 0.3) is 22.4 Å². The molecule has 0 N–H and O–H groups in total.